The van der Waals surface area contributed by atoms with Crippen LogP contribution in [0.4, 0.5) is 0 Å². The Morgan fingerprint density at radius 1 is 1.26 bits per heavy atom. The number of benzene rings is 1. The van der Waals surface area contributed by atoms with Gasteiger partial charge in [-0.3, -0.25) is 4.79 Å². The summed E-state index contributed by atoms with van der Waals surface area (Å²) in [6.07, 6.45) is 0.248. The summed E-state index contributed by atoms with van der Waals surface area (Å²) >= 11 is 0. The van der Waals surface area contributed by atoms with E-state index in [-0.39, 0.29) is 18.2 Å². The third-order valence-electron chi connectivity index (χ3n) is 2.74. The van der Waals surface area contributed by atoms with Crippen LogP contribution in [0.1, 0.15) is 19.4 Å². The van der Waals surface area contributed by atoms with Crippen LogP contribution in [0.3, 0.4) is 0 Å². The Labute approximate surface area is 112 Å². The first kappa shape index (κ1) is 15.0. The minimum absolute atomic E-state index is 0.238. The molecule has 0 aliphatic rings. The number of carbonyl (C=O) groups is 2. The monoisotopic (exact) mass is 265 g/mol. The van der Waals surface area contributed by atoms with E-state index in [2.05, 4.69) is 5.32 Å². The molecule has 1 aromatic rings. The SMILES string of the molecule is COc1ccc(C[C@@H](NC(=O)C(C)C)C(=O)O)cc1. The van der Waals surface area contributed by atoms with Gasteiger partial charge in [0.2, 0.25) is 5.91 Å². The van der Waals surface area contributed by atoms with E-state index in [4.69, 9.17) is 9.84 Å². The lowest BCUT2D eigenvalue weighted by molar-refractivity contribution is -0.142. The third-order valence-corrected chi connectivity index (χ3v) is 2.74. The fraction of sp³-hybridized carbons (Fsp3) is 0.429. The molecule has 0 aromatic heterocycles. The molecule has 0 fully saturated rings. The Bertz CT molecular complexity index is 439. The van der Waals surface area contributed by atoms with Crippen LogP contribution < -0.4 is 10.1 Å². The van der Waals surface area contributed by atoms with Gasteiger partial charge in [0.25, 0.3) is 0 Å². The molecule has 19 heavy (non-hydrogen) atoms. The van der Waals surface area contributed by atoms with Crippen molar-refractivity contribution in [3.63, 3.8) is 0 Å². The van der Waals surface area contributed by atoms with Crippen LogP contribution in [-0.2, 0) is 16.0 Å². The van der Waals surface area contributed by atoms with Crippen LogP contribution in [0.15, 0.2) is 24.3 Å². The van der Waals surface area contributed by atoms with Crippen molar-refractivity contribution in [2.24, 2.45) is 5.92 Å². The standard InChI is InChI=1S/C14H19NO4/c1-9(2)13(16)15-12(14(17)18)8-10-4-6-11(19-3)7-5-10/h4-7,9,12H,8H2,1-3H3,(H,15,16)(H,17,18)/t12-/m1/s1. The van der Waals surface area contributed by atoms with Crippen LogP contribution in [0.2, 0.25) is 0 Å². The van der Waals surface area contributed by atoms with E-state index < -0.39 is 12.0 Å². The largest absolute Gasteiger partial charge is 0.497 e. The molecular weight excluding hydrogens is 246 g/mol. The molecule has 1 aromatic carbocycles. The number of aliphatic carboxylic acids is 1. The minimum Gasteiger partial charge on any atom is -0.497 e. The van der Waals surface area contributed by atoms with Crippen LogP contribution in [-0.4, -0.2) is 30.1 Å². The number of nitrogens with one attached hydrogen (secondary N) is 1. The number of amides is 1. The zero-order valence-corrected chi connectivity index (χ0v) is 11.3. The molecule has 5 heteroatoms. The van der Waals surface area contributed by atoms with E-state index in [0.29, 0.717) is 5.75 Å². The first-order chi connectivity index (χ1) is 8.93. The molecular formula is C14H19NO4. The number of rotatable bonds is 6. The van der Waals surface area contributed by atoms with Crippen molar-refractivity contribution in [1.29, 1.82) is 0 Å². The Morgan fingerprint density at radius 3 is 2.26 bits per heavy atom. The summed E-state index contributed by atoms with van der Waals surface area (Å²) in [6.45, 7) is 3.45. The summed E-state index contributed by atoms with van der Waals surface area (Å²) in [6, 6.07) is 6.19. The highest BCUT2D eigenvalue weighted by Crippen LogP contribution is 2.13. The minimum atomic E-state index is -1.04. The number of ether oxygens (including phenoxy) is 1. The predicted molar refractivity (Wildman–Crippen MR) is 71.1 cm³/mol. The maximum absolute atomic E-state index is 11.6. The zero-order chi connectivity index (χ0) is 14.4. The molecule has 5 nitrogen and oxygen atoms in total. The molecule has 0 aliphatic heterocycles. The Balaban J connectivity index is 2.72. The predicted octanol–water partition coefficient (Wildman–Crippen LogP) is 1.46. The van der Waals surface area contributed by atoms with Crippen molar-refractivity contribution < 1.29 is 19.4 Å². The highest BCUT2D eigenvalue weighted by atomic mass is 16.5. The van der Waals surface area contributed by atoms with Crippen molar-refractivity contribution in [3.8, 4) is 5.75 Å². The molecule has 0 saturated heterocycles. The van der Waals surface area contributed by atoms with Gasteiger partial charge in [-0.25, -0.2) is 4.79 Å². The fourth-order valence-electron chi connectivity index (χ4n) is 1.54. The number of carbonyl (C=O) groups excluding carboxylic acids is 1. The van der Waals surface area contributed by atoms with Gasteiger partial charge in [-0.05, 0) is 17.7 Å². The molecule has 1 amide bonds. The Hall–Kier alpha value is -2.04. The molecule has 0 aliphatic carbocycles. The highest BCUT2D eigenvalue weighted by Gasteiger charge is 2.21. The van der Waals surface area contributed by atoms with Crippen LogP contribution in [0.5, 0.6) is 5.75 Å². The zero-order valence-electron chi connectivity index (χ0n) is 11.3. The van der Waals surface area contributed by atoms with Gasteiger partial charge in [-0.1, -0.05) is 26.0 Å². The average Bonchev–Trinajstić information content (AvgIpc) is 2.38. The number of methoxy groups -OCH3 is 1. The third kappa shape index (κ3) is 4.62. The topological polar surface area (TPSA) is 75.6 Å². The first-order valence-corrected chi connectivity index (χ1v) is 6.10. The summed E-state index contributed by atoms with van der Waals surface area (Å²) in [5.74, 6) is -0.828. The van der Waals surface area contributed by atoms with Gasteiger partial charge in [-0.2, -0.15) is 0 Å². The van der Waals surface area contributed by atoms with Crippen LogP contribution in [0.25, 0.3) is 0 Å². The number of hydrogen-bond donors (Lipinski definition) is 2. The summed E-state index contributed by atoms with van der Waals surface area (Å²) in [5, 5.41) is 11.6. The van der Waals surface area contributed by atoms with E-state index in [1.807, 2.05) is 0 Å². The fourth-order valence-corrected chi connectivity index (χ4v) is 1.54. The van der Waals surface area contributed by atoms with Gasteiger partial charge in [0.1, 0.15) is 11.8 Å². The summed E-state index contributed by atoms with van der Waals surface area (Å²) < 4.78 is 5.03. The van der Waals surface area contributed by atoms with Gasteiger partial charge in [-0.15, -0.1) is 0 Å². The molecule has 0 spiro atoms. The molecule has 2 N–H and O–H groups in total. The number of carboxylic acids is 1. The molecule has 1 atom stereocenters. The van der Waals surface area contributed by atoms with Crippen molar-refractivity contribution in [2.75, 3.05) is 7.11 Å². The second-order valence-corrected chi connectivity index (χ2v) is 4.61. The lowest BCUT2D eigenvalue weighted by Crippen LogP contribution is -2.44. The highest BCUT2D eigenvalue weighted by molar-refractivity contribution is 5.84. The molecule has 0 radical (unpaired) electrons. The summed E-state index contributed by atoms with van der Waals surface area (Å²) in [4.78, 5) is 22.7. The lowest BCUT2D eigenvalue weighted by Gasteiger charge is -2.16. The molecule has 0 unspecified atom stereocenters. The van der Waals surface area contributed by atoms with Crippen molar-refractivity contribution in [2.45, 2.75) is 26.3 Å². The summed E-state index contributed by atoms with van der Waals surface area (Å²) in [7, 11) is 1.57. The van der Waals surface area contributed by atoms with Gasteiger partial charge in [0.05, 0.1) is 7.11 Å². The average molecular weight is 265 g/mol. The number of hydrogen-bond acceptors (Lipinski definition) is 3. The van der Waals surface area contributed by atoms with Crippen molar-refractivity contribution >= 4 is 11.9 Å². The second kappa shape index (κ2) is 6.78. The molecule has 0 heterocycles. The van der Waals surface area contributed by atoms with Gasteiger partial charge in [0.15, 0.2) is 0 Å². The number of carboxylic acid groups (broad SMARTS) is 1. The second-order valence-electron chi connectivity index (χ2n) is 4.61. The molecule has 1 rings (SSSR count). The first-order valence-electron chi connectivity index (χ1n) is 6.10. The van der Waals surface area contributed by atoms with Gasteiger partial charge in [0, 0.05) is 12.3 Å². The van der Waals surface area contributed by atoms with Gasteiger partial charge < -0.3 is 15.2 Å². The molecule has 0 saturated carbocycles. The van der Waals surface area contributed by atoms with E-state index >= 15 is 0 Å². The van der Waals surface area contributed by atoms with E-state index in [1.54, 1.807) is 45.2 Å². The van der Waals surface area contributed by atoms with E-state index in [1.165, 1.54) is 0 Å². The van der Waals surface area contributed by atoms with E-state index in [9.17, 15) is 9.59 Å². The maximum Gasteiger partial charge on any atom is 0.326 e. The molecule has 104 valence electrons. The quantitative estimate of drug-likeness (QED) is 0.816. The molecule has 0 bridgehead atoms. The smallest absolute Gasteiger partial charge is 0.326 e. The summed E-state index contributed by atoms with van der Waals surface area (Å²) in [5.41, 5.74) is 0.831. The Kier molecular flexibility index (Phi) is 5.36. The Morgan fingerprint density at radius 2 is 1.84 bits per heavy atom. The van der Waals surface area contributed by atoms with Gasteiger partial charge >= 0.3 is 5.97 Å². The van der Waals surface area contributed by atoms with Crippen molar-refractivity contribution in [1.82, 2.24) is 5.32 Å². The lowest BCUT2D eigenvalue weighted by atomic mass is 10.0. The normalized spacial score (nSPS) is 12.0. The van der Waals surface area contributed by atoms with Crippen LogP contribution >= 0.6 is 0 Å². The maximum atomic E-state index is 11.6. The van der Waals surface area contributed by atoms with E-state index in [0.717, 1.165) is 5.56 Å². The van der Waals surface area contributed by atoms with Crippen molar-refractivity contribution in [3.05, 3.63) is 29.8 Å². The van der Waals surface area contributed by atoms with Crippen LogP contribution in [0, 0.1) is 5.92 Å².